The van der Waals surface area contributed by atoms with Gasteiger partial charge in [-0.1, -0.05) is 29.3 Å². The van der Waals surface area contributed by atoms with Crippen LogP contribution in [0.25, 0.3) is 11.5 Å². The maximum Gasteiger partial charge on any atom is 0.410 e. The molecule has 218 valence electrons. The van der Waals surface area contributed by atoms with E-state index in [0.717, 1.165) is 6.07 Å². The second kappa shape index (κ2) is 11.0. The first-order valence-electron chi connectivity index (χ1n) is 12.6. The monoisotopic (exact) mass is 627 g/mol. The molecule has 3 heterocycles. The lowest BCUT2D eigenvalue weighted by atomic mass is 9.73. The highest BCUT2D eigenvalue weighted by molar-refractivity contribution is 7.80. The number of benzene rings is 2. The lowest BCUT2D eigenvalue weighted by molar-refractivity contribution is -0.0884. The van der Waals surface area contributed by atoms with Crippen molar-refractivity contribution in [1.82, 2.24) is 20.0 Å². The Hall–Kier alpha value is -3.09. The van der Waals surface area contributed by atoms with E-state index in [-0.39, 0.29) is 35.1 Å². The van der Waals surface area contributed by atoms with Gasteiger partial charge in [-0.3, -0.25) is 0 Å². The minimum absolute atomic E-state index is 0.0442. The van der Waals surface area contributed by atoms with Crippen molar-refractivity contribution in [3.8, 4) is 11.5 Å². The summed E-state index contributed by atoms with van der Waals surface area (Å²) in [7, 11) is 0. The van der Waals surface area contributed by atoms with Crippen LogP contribution in [-0.4, -0.2) is 63.0 Å². The van der Waals surface area contributed by atoms with Crippen molar-refractivity contribution >= 4 is 52.3 Å². The molecule has 0 bridgehead atoms. The number of nitrogens with zero attached hydrogens (tertiary/aromatic N) is 5. The van der Waals surface area contributed by atoms with Crippen molar-refractivity contribution < 1.29 is 27.1 Å². The third kappa shape index (κ3) is 6.24. The molecule has 0 unspecified atom stereocenters. The maximum atomic E-state index is 15.3. The molecule has 0 atom stereocenters. The van der Waals surface area contributed by atoms with Gasteiger partial charge in [0.2, 0.25) is 5.89 Å². The maximum absolute atomic E-state index is 15.3. The fraction of sp³-hybridized carbons (Fsp3) is 0.407. The molecular formula is C27H26Cl2F3N5O3S. The van der Waals surface area contributed by atoms with Crippen LogP contribution in [0, 0.1) is 11.2 Å². The summed E-state index contributed by atoms with van der Waals surface area (Å²) in [5.74, 6) is -1.66. The SMILES string of the molecule is CC(C)(C)OC(=O)N1CC2(C1)CN(C(=S)N(Cc1ccc(-c3nnc(C(F)F)o3)cc1F)c1ccc(Cl)c(Cl)c1)C2. The lowest BCUT2D eigenvalue weighted by Crippen LogP contribution is -2.74. The van der Waals surface area contributed by atoms with Gasteiger partial charge in [0.15, 0.2) is 5.11 Å². The Balaban J connectivity index is 1.31. The van der Waals surface area contributed by atoms with Crippen LogP contribution in [0.5, 0.6) is 0 Å². The summed E-state index contributed by atoms with van der Waals surface area (Å²) in [5, 5.41) is 7.98. The minimum Gasteiger partial charge on any atom is -0.444 e. The van der Waals surface area contributed by atoms with Gasteiger partial charge in [0, 0.05) is 48.4 Å². The van der Waals surface area contributed by atoms with Crippen molar-refractivity contribution in [3.05, 3.63) is 63.7 Å². The smallest absolute Gasteiger partial charge is 0.410 e. The van der Waals surface area contributed by atoms with Gasteiger partial charge < -0.3 is 23.9 Å². The van der Waals surface area contributed by atoms with Crippen LogP contribution in [0.15, 0.2) is 40.8 Å². The van der Waals surface area contributed by atoms with Crippen LogP contribution in [0.4, 0.5) is 23.7 Å². The van der Waals surface area contributed by atoms with Gasteiger partial charge in [-0.2, -0.15) is 8.78 Å². The van der Waals surface area contributed by atoms with E-state index in [4.69, 9.17) is 44.6 Å². The first kappa shape index (κ1) is 29.4. The number of amides is 1. The molecule has 0 aliphatic carbocycles. The summed E-state index contributed by atoms with van der Waals surface area (Å²) < 4.78 is 51.3. The van der Waals surface area contributed by atoms with Crippen LogP contribution in [0.1, 0.15) is 38.7 Å². The van der Waals surface area contributed by atoms with Crippen LogP contribution in [-0.2, 0) is 11.3 Å². The molecule has 1 aromatic heterocycles. The number of hydrogen-bond donors (Lipinski definition) is 0. The molecule has 5 rings (SSSR count). The first-order valence-corrected chi connectivity index (χ1v) is 13.8. The van der Waals surface area contributed by atoms with Crippen LogP contribution < -0.4 is 4.90 Å². The Morgan fingerprint density at radius 3 is 2.37 bits per heavy atom. The van der Waals surface area contributed by atoms with E-state index in [1.807, 2.05) is 25.7 Å². The van der Waals surface area contributed by atoms with E-state index in [0.29, 0.717) is 47.0 Å². The van der Waals surface area contributed by atoms with Crippen molar-refractivity contribution in [1.29, 1.82) is 0 Å². The zero-order valence-electron chi connectivity index (χ0n) is 22.3. The lowest BCUT2D eigenvalue weighted by Gasteiger charge is -2.61. The number of halogens is 5. The van der Waals surface area contributed by atoms with Gasteiger partial charge in [0.05, 0.1) is 16.6 Å². The molecule has 0 radical (unpaired) electrons. The van der Waals surface area contributed by atoms with Gasteiger partial charge in [-0.25, -0.2) is 9.18 Å². The van der Waals surface area contributed by atoms with Crippen molar-refractivity contribution in [2.45, 2.75) is 39.3 Å². The molecule has 1 amide bonds. The molecule has 0 N–H and O–H groups in total. The number of alkyl halides is 2. The van der Waals surface area contributed by atoms with Gasteiger partial charge in [0.1, 0.15) is 11.4 Å². The third-order valence-electron chi connectivity index (χ3n) is 6.73. The predicted octanol–water partition coefficient (Wildman–Crippen LogP) is 6.96. The summed E-state index contributed by atoms with van der Waals surface area (Å²) >= 11 is 18.3. The van der Waals surface area contributed by atoms with Crippen molar-refractivity contribution in [3.63, 3.8) is 0 Å². The van der Waals surface area contributed by atoms with Gasteiger partial charge >= 0.3 is 12.5 Å². The highest BCUT2D eigenvalue weighted by Gasteiger charge is 2.55. The molecule has 8 nitrogen and oxygen atoms in total. The fourth-order valence-corrected chi connectivity index (χ4v) is 5.42. The van der Waals surface area contributed by atoms with Crippen LogP contribution >= 0.6 is 35.4 Å². The normalized spacial score (nSPS) is 16.0. The Bertz CT molecular complexity index is 1490. The van der Waals surface area contributed by atoms with Gasteiger partial charge in [-0.05, 0) is 63.3 Å². The average Bonchev–Trinajstić information content (AvgIpc) is 3.33. The molecule has 2 aliphatic heterocycles. The quantitative estimate of drug-likeness (QED) is 0.281. The number of ether oxygens (including phenoxy) is 1. The van der Waals surface area contributed by atoms with E-state index in [1.54, 1.807) is 28.0 Å². The Morgan fingerprint density at radius 2 is 1.78 bits per heavy atom. The van der Waals surface area contributed by atoms with E-state index in [1.165, 1.54) is 12.1 Å². The molecule has 2 saturated heterocycles. The van der Waals surface area contributed by atoms with Crippen molar-refractivity contribution in [2.24, 2.45) is 5.41 Å². The zero-order valence-corrected chi connectivity index (χ0v) is 24.7. The second-order valence-electron chi connectivity index (χ2n) is 11.2. The molecule has 2 aromatic carbocycles. The van der Waals surface area contributed by atoms with Crippen molar-refractivity contribution in [2.75, 3.05) is 31.1 Å². The molecule has 2 fully saturated rings. The number of carbonyl (C=O) groups is 1. The summed E-state index contributed by atoms with van der Waals surface area (Å²) in [6, 6.07) is 9.18. The van der Waals surface area contributed by atoms with E-state index in [2.05, 4.69) is 10.2 Å². The van der Waals surface area contributed by atoms with E-state index < -0.39 is 23.7 Å². The third-order valence-corrected chi connectivity index (χ3v) is 7.95. The molecule has 3 aromatic rings. The number of thiocarbonyl (C=S) groups is 1. The van der Waals surface area contributed by atoms with Gasteiger partial charge in [0.25, 0.3) is 5.89 Å². The van der Waals surface area contributed by atoms with Gasteiger partial charge in [-0.15, -0.1) is 10.2 Å². The highest BCUT2D eigenvalue weighted by atomic mass is 35.5. The molecule has 0 saturated carbocycles. The van der Waals surface area contributed by atoms with Crippen LogP contribution in [0.3, 0.4) is 0 Å². The minimum atomic E-state index is -2.93. The molecule has 2 aliphatic rings. The first-order chi connectivity index (χ1) is 19.2. The molecule has 14 heteroatoms. The standard InChI is InChI=1S/C27H26Cl2F3N5O3S/c1-26(2,3)40-25(38)36-13-27(14-36)11-35(12-27)24(41)37(17-6-7-18(28)19(29)9-17)10-16-5-4-15(8-20(16)30)22-33-34-23(39-22)21(31)32/h4-9,21H,10-14H2,1-3H3. The predicted molar refractivity (Wildman–Crippen MR) is 152 cm³/mol. The number of anilines is 1. The summed E-state index contributed by atoms with van der Waals surface area (Å²) in [5.41, 5.74) is 0.403. The van der Waals surface area contributed by atoms with E-state index in [9.17, 15) is 13.6 Å². The Kier molecular flexibility index (Phi) is 7.86. The summed E-state index contributed by atoms with van der Waals surface area (Å²) in [4.78, 5) is 17.8. The molecular weight excluding hydrogens is 602 g/mol. The topological polar surface area (TPSA) is 74.9 Å². The largest absolute Gasteiger partial charge is 0.444 e. The summed E-state index contributed by atoms with van der Waals surface area (Å²) in [6.45, 7) is 7.88. The number of aromatic nitrogens is 2. The summed E-state index contributed by atoms with van der Waals surface area (Å²) in [6.07, 6.45) is -3.27. The van der Waals surface area contributed by atoms with Crippen LogP contribution in [0.2, 0.25) is 10.0 Å². The number of hydrogen-bond acceptors (Lipinski definition) is 6. The average molecular weight is 629 g/mol. The van der Waals surface area contributed by atoms with E-state index >= 15 is 4.39 Å². The Morgan fingerprint density at radius 1 is 1.10 bits per heavy atom. The number of carbonyl (C=O) groups excluding carboxylic acids is 1. The molecule has 1 spiro atoms. The highest BCUT2D eigenvalue weighted by Crippen LogP contribution is 2.41. The number of rotatable bonds is 5. The second-order valence-corrected chi connectivity index (χ2v) is 12.4. The fourth-order valence-electron chi connectivity index (χ4n) is 4.83. The Labute approximate surface area is 249 Å². The molecule has 41 heavy (non-hydrogen) atoms. The zero-order chi connectivity index (χ0) is 29.7. The number of likely N-dealkylation sites (tertiary alicyclic amines) is 2.